The van der Waals surface area contributed by atoms with Gasteiger partial charge in [-0.1, -0.05) is 146 Å². The van der Waals surface area contributed by atoms with Crippen LogP contribution in [0.5, 0.6) is 0 Å². The van der Waals surface area contributed by atoms with Crippen molar-refractivity contribution in [2.45, 2.75) is 0 Å². The molecule has 0 radical (unpaired) electrons. The van der Waals surface area contributed by atoms with E-state index in [1.54, 1.807) is 0 Å². The van der Waals surface area contributed by atoms with Crippen LogP contribution in [0.1, 0.15) is 0 Å². The molecule has 9 rings (SSSR count). The molecule has 0 unspecified atom stereocenters. The monoisotopic (exact) mass is 601 g/mol. The Kier molecular flexibility index (Phi) is 6.43. The summed E-state index contributed by atoms with van der Waals surface area (Å²) in [6.07, 6.45) is 0. The molecular weight excluding hydrogens is 574 g/mol. The third-order valence-corrected chi connectivity index (χ3v) is 8.73. The van der Waals surface area contributed by atoms with Crippen molar-refractivity contribution >= 4 is 32.7 Å². The van der Waals surface area contributed by atoms with Gasteiger partial charge in [0.15, 0.2) is 17.5 Å². The first-order valence-corrected chi connectivity index (χ1v) is 15.7. The van der Waals surface area contributed by atoms with E-state index in [1.165, 1.54) is 0 Å². The highest BCUT2D eigenvalue weighted by atomic mass is 16.3. The number of benzene rings is 7. The summed E-state index contributed by atoms with van der Waals surface area (Å²) in [7, 11) is 0. The average molecular weight is 602 g/mol. The first-order chi connectivity index (χ1) is 23.3. The molecule has 0 saturated carbocycles. The summed E-state index contributed by atoms with van der Waals surface area (Å²) in [6, 6.07) is 56.2. The Morgan fingerprint density at radius 2 is 0.872 bits per heavy atom. The van der Waals surface area contributed by atoms with E-state index in [-0.39, 0.29) is 0 Å². The van der Waals surface area contributed by atoms with Gasteiger partial charge in [0.1, 0.15) is 11.2 Å². The van der Waals surface area contributed by atoms with Crippen LogP contribution in [-0.2, 0) is 0 Å². The molecule has 7 aromatic carbocycles. The molecular formula is C43H27N3O. The van der Waals surface area contributed by atoms with Gasteiger partial charge in [-0.05, 0) is 51.2 Å². The Hall–Kier alpha value is -6.39. The minimum Gasteiger partial charge on any atom is -0.456 e. The molecule has 47 heavy (non-hydrogen) atoms. The van der Waals surface area contributed by atoms with Crippen LogP contribution in [0.25, 0.3) is 89.1 Å². The highest BCUT2D eigenvalue weighted by Gasteiger charge is 2.20. The maximum absolute atomic E-state index is 6.61. The molecule has 2 heterocycles. The van der Waals surface area contributed by atoms with Crippen molar-refractivity contribution in [3.8, 4) is 56.4 Å². The van der Waals surface area contributed by atoms with Gasteiger partial charge in [0, 0.05) is 27.5 Å². The molecule has 9 aromatic rings. The molecule has 4 heteroatoms. The molecule has 0 fully saturated rings. The number of aromatic nitrogens is 3. The highest BCUT2D eigenvalue weighted by Crippen LogP contribution is 2.43. The van der Waals surface area contributed by atoms with E-state index in [0.29, 0.717) is 17.5 Å². The fraction of sp³-hybridized carbons (Fsp3) is 0. The Morgan fingerprint density at radius 3 is 1.62 bits per heavy atom. The van der Waals surface area contributed by atoms with Crippen LogP contribution in [-0.4, -0.2) is 15.0 Å². The normalized spacial score (nSPS) is 11.4. The minimum atomic E-state index is 0.598. The van der Waals surface area contributed by atoms with E-state index < -0.39 is 0 Å². The summed E-state index contributed by atoms with van der Waals surface area (Å²) >= 11 is 0. The first-order valence-electron chi connectivity index (χ1n) is 15.7. The second kappa shape index (κ2) is 11.2. The van der Waals surface area contributed by atoms with Crippen LogP contribution in [0, 0.1) is 0 Å². The van der Waals surface area contributed by atoms with Crippen molar-refractivity contribution in [3.63, 3.8) is 0 Å². The van der Waals surface area contributed by atoms with E-state index in [2.05, 4.69) is 115 Å². The van der Waals surface area contributed by atoms with Crippen LogP contribution in [0.3, 0.4) is 0 Å². The van der Waals surface area contributed by atoms with Gasteiger partial charge in [0.05, 0.1) is 0 Å². The van der Waals surface area contributed by atoms with Crippen molar-refractivity contribution < 1.29 is 4.42 Å². The Bertz CT molecular complexity index is 2560. The molecule has 0 saturated heterocycles. The lowest BCUT2D eigenvalue weighted by atomic mass is 9.94. The number of fused-ring (bicyclic) bond motifs is 5. The van der Waals surface area contributed by atoms with Crippen molar-refractivity contribution in [2.75, 3.05) is 0 Å². The number of furan rings is 1. The van der Waals surface area contributed by atoms with Crippen molar-refractivity contribution in [3.05, 3.63) is 164 Å². The molecule has 2 aromatic heterocycles. The lowest BCUT2D eigenvalue weighted by Crippen LogP contribution is -2.00. The molecule has 0 aliphatic carbocycles. The lowest BCUT2D eigenvalue weighted by molar-refractivity contribution is 0.669. The number of rotatable bonds is 5. The zero-order valence-electron chi connectivity index (χ0n) is 25.3. The molecule has 4 nitrogen and oxygen atoms in total. The molecule has 0 spiro atoms. The van der Waals surface area contributed by atoms with Crippen LogP contribution < -0.4 is 0 Å². The van der Waals surface area contributed by atoms with Gasteiger partial charge in [-0.3, -0.25) is 0 Å². The minimum absolute atomic E-state index is 0.598. The van der Waals surface area contributed by atoms with E-state index in [9.17, 15) is 0 Å². The van der Waals surface area contributed by atoms with Gasteiger partial charge < -0.3 is 4.42 Å². The summed E-state index contributed by atoms with van der Waals surface area (Å²) in [6.45, 7) is 0. The lowest BCUT2D eigenvalue weighted by Gasteiger charge is -2.12. The number of nitrogens with zero attached hydrogens (tertiary/aromatic N) is 3. The first kappa shape index (κ1) is 27.0. The summed E-state index contributed by atoms with van der Waals surface area (Å²) in [4.78, 5) is 15.2. The zero-order chi connectivity index (χ0) is 31.2. The molecule has 0 atom stereocenters. The Balaban J connectivity index is 1.30. The second-order valence-corrected chi connectivity index (χ2v) is 11.6. The van der Waals surface area contributed by atoms with Gasteiger partial charge in [-0.25, -0.2) is 15.0 Å². The van der Waals surface area contributed by atoms with E-state index in [1.807, 2.05) is 48.5 Å². The fourth-order valence-corrected chi connectivity index (χ4v) is 6.53. The zero-order valence-corrected chi connectivity index (χ0v) is 25.3. The summed E-state index contributed by atoms with van der Waals surface area (Å²) in [5.74, 6) is 1.84. The Labute approximate surface area is 271 Å². The predicted molar refractivity (Wildman–Crippen MR) is 192 cm³/mol. The number of hydrogen-bond donors (Lipinski definition) is 0. The average Bonchev–Trinajstić information content (AvgIpc) is 3.55. The Morgan fingerprint density at radius 1 is 0.319 bits per heavy atom. The topological polar surface area (TPSA) is 51.8 Å². The summed E-state index contributed by atoms with van der Waals surface area (Å²) < 4.78 is 6.61. The molecule has 0 aliphatic heterocycles. The molecule has 220 valence electrons. The van der Waals surface area contributed by atoms with Crippen LogP contribution in [0.4, 0.5) is 0 Å². The van der Waals surface area contributed by atoms with E-state index >= 15 is 0 Å². The van der Waals surface area contributed by atoms with Crippen LogP contribution in [0.15, 0.2) is 168 Å². The molecule has 0 N–H and O–H groups in total. The van der Waals surface area contributed by atoms with Crippen molar-refractivity contribution in [2.24, 2.45) is 0 Å². The standard InChI is InChI=1S/C43H27N3O/c1-4-14-28(15-5-1)31-20-12-21-32(26-31)42-44-41(30-18-8-3-9-19-30)45-43(46-42)36-27-38-40(35-23-11-10-22-34(35)36)39-33(24-13-25-37(39)47-38)29-16-6-2-7-17-29/h1-27H. The SMILES string of the molecule is c1ccc(-c2cccc(-c3nc(-c4ccccc4)nc(-c4cc5oc6cccc(-c7ccccc7)c6c5c5ccccc45)n3)c2)cc1. The van der Waals surface area contributed by atoms with Crippen molar-refractivity contribution in [1.82, 2.24) is 15.0 Å². The van der Waals surface area contributed by atoms with Gasteiger partial charge in [-0.2, -0.15) is 0 Å². The maximum Gasteiger partial charge on any atom is 0.164 e. The fourth-order valence-electron chi connectivity index (χ4n) is 6.53. The predicted octanol–water partition coefficient (Wildman–Crippen LogP) is 11.3. The largest absolute Gasteiger partial charge is 0.456 e. The quantitative estimate of drug-likeness (QED) is 0.197. The van der Waals surface area contributed by atoms with Gasteiger partial charge >= 0.3 is 0 Å². The third-order valence-electron chi connectivity index (χ3n) is 8.73. The van der Waals surface area contributed by atoms with Gasteiger partial charge in [-0.15, -0.1) is 0 Å². The summed E-state index contributed by atoms with van der Waals surface area (Å²) in [5, 5.41) is 4.35. The van der Waals surface area contributed by atoms with Crippen LogP contribution >= 0.6 is 0 Å². The number of hydrogen-bond acceptors (Lipinski definition) is 4. The summed E-state index contributed by atoms with van der Waals surface area (Å²) in [5.41, 5.74) is 8.94. The van der Waals surface area contributed by atoms with Gasteiger partial charge in [0.25, 0.3) is 0 Å². The van der Waals surface area contributed by atoms with Gasteiger partial charge in [0.2, 0.25) is 0 Å². The smallest absolute Gasteiger partial charge is 0.164 e. The third kappa shape index (κ3) is 4.75. The van der Waals surface area contributed by atoms with E-state index in [0.717, 1.165) is 71.7 Å². The van der Waals surface area contributed by atoms with Crippen LogP contribution in [0.2, 0.25) is 0 Å². The second-order valence-electron chi connectivity index (χ2n) is 11.6. The van der Waals surface area contributed by atoms with Crippen molar-refractivity contribution in [1.29, 1.82) is 0 Å². The maximum atomic E-state index is 6.61. The molecule has 0 bridgehead atoms. The highest BCUT2D eigenvalue weighted by molar-refractivity contribution is 6.25. The van der Waals surface area contributed by atoms with E-state index in [4.69, 9.17) is 19.4 Å². The molecule has 0 aliphatic rings. The molecule has 0 amide bonds.